The van der Waals surface area contributed by atoms with Crippen molar-refractivity contribution in [3.63, 3.8) is 0 Å². The minimum atomic E-state index is -1.33. The first-order valence-electron chi connectivity index (χ1n) is 3.64. The Morgan fingerprint density at radius 2 is 1.58 bits per heavy atom. The van der Waals surface area contributed by atoms with Gasteiger partial charge in [0, 0.05) is 0 Å². The molecule has 0 aliphatic carbocycles. The molecule has 4 heteroatoms. The molecule has 0 heterocycles. The summed E-state index contributed by atoms with van der Waals surface area (Å²) in [6, 6.07) is 9.24. The Hall–Kier alpha value is 0.0300. The highest BCUT2D eigenvalue weighted by Gasteiger charge is 1.99. The predicted molar refractivity (Wildman–Crippen MR) is 57.0 cm³/mol. The van der Waals surface area contributed by atoms with Gasteiger partial charge in [-0.05, 0) is 34.6 Å². The van der Waals surface area contributed by atoms with E-state index in [0.29, 0.717) is 5.75 Å². The van der Waals surface area contributed by atoms with Crippen LogP contribution in [-0.4, -0.2) is 0 Å². The molecule has 0 spiro atoms. The second-order valence-electron chi connectivity index (χ2n) is 1.61. The molecular weight excluding hydrogens is 214 g/mol. The molecule has 0 saturated heterocycles. The van der Waals surface area contributed by atoms with Crippen LogP contribution in [0.4, 0.5) is 0 Å². The number of halogens is 2. The van der Waals surface area contributed by atoms with E-state index in [4.69, 9.17) is 27.0 Å². The lowest BCUT2D eigenvalue weighted by atomic mass is 10.3. The van der Waals surface area contributed by atoms with Gasteiger partial charge in [0.15, 0.2) is 0 Å². The lowest BCUT2D eigenvalue weighted by Crippen LogP contribution is -1.75. The highest BCUT2D eigenvalue weighted by Crippen LogP contribution is 2.47. The second kappa shape index (κ2) is 7.67. The fourth-order valence-electron chi connectivity index (χ4n) is 0.561. The SMILES string of the molecule is CC.ClP(Cl)Oc1ccccc1. The molecule has 1 aromatic carbocycles. The maximum Gasteiger partial charge on any atom is 0.284 e. The van der Waals surface area contributed by atoms with E-state index in [1.54, 1.807) is 12.1 Å². The summed E-state index contributed by atoms with van der Waals surface area (Å²) in [4.78, 5) is 0. The number of rotatable bonds is 2. The molecule has 68 valence electrons. The fraction of sp³-hybridized carbons (Fsp3) is 0.250. The van der Waals surface area contributed by atoms with Crippen molar-refractivity contribution < 1.29 is 4.52 Å². The van der Waals surface area contributed by atoms with Crippen LogP contribution in [0.2, 0.25) is 0 Å². The van der Waals surface area contributed by atoms with Crippen molar-refractivity contribution in [1.82, 2.24) is 0 Å². The molecule has 0 unspecified atom stereocenters. The molecule has 0 atom stereocenters. The average Bonchev–Trinajstić information content (AvgIpc) is 2.08. The van der Waals surface area contributed by atoms with Gasteiger partial charge in [-0.3, -0.25) is 0 Å². The molecule has 0 radical (unpaired) electrons. The minimum absolute atomic E-state index is 0.707. The van der Waals surface area contributed by atoms with Crippen LogP contribution in [0, 0.1) is 0 Å². The van der Waals surface area contributed by atoms with Gasteiger partial charge in [0.2, 0.25) is 0 Å². The zero-order valence-corrected chi connectivity index (χ0v) is 9.40. The van der Waals surface area contributed by atoms with Crippen LogP contribution in [-0.2, 0) is 0 Å². The second-order valence-corrected chi connectivity index (χ2v) is 4.55. The van der Waals surface area contributed by atoms with Crippen molar-refractivity contribution in [2.45, 2.75) is 13.8 Å². The van der Waals surface area contributed by atoms with Crippen molar-refractivity contribution in [2.24, 2.45) is 0 Å². The van der Waals surface area contributed by atoms with Crippen LogP contribution in [0.25, 0.3) is 0 Å². The Bertz CT molecular complexity index is 192. The standard InChI is InChI=1S/C6H5Cl2OP.C2H6/c7-10(8)9-6-4-2-1-3-5-6;1-2/h1-5H;1-2H3. The Balaban J connectivity index is 0.000000561. The highest BCUT2D eigenvalue weighted by molar-refractivity contribution is 8.00. The van der Waals surface area contributed by atoms with Gasteiger partial charge < -0.3 is 4.52 Å². The molecule has 0 amide bonds. The molecule has 1 aromatic rings. The van der Waals surface area contributed by atoms with Crippen LogP contribution >= 0.6 is 29.3 Å². The van der Waals surface area contributed by atoms with Crippen molar-refractivity contribution in [3.05, 3.63) is 30.3 Å². The predicted octanol–water partition coefficient (Wildman–Crippen LogP) is 4.80. The van der Waals surface area contributed by atoms with Crippen LogP contribution in [0.5, 0.6) is 5.75 Å². The van der Waals surface area contributed by atoms with E-state index >= 15 is 0 Å². The molecule has 1 rings (SSSR count). The molecule has 1 nitrogen and oxygen atoms in total. The topological polar surface area (TPSA) is 9.23 Å². The monoisotopic (exact) mass is 224 g/mol. The maximum atomic E-state index is 5.42. The van der Waals surface area contributed by atoms with Crippen molar-refractivity contribution in [3.8, 4) is 5.75 Å². The third-order valence-corrected chi connectivity index (χ3v) is 1.68. The fourth-order valence-corrected chi connectivity index (χ4v) is 1.32. The summed E-state index contributed by atoms with van der Waals surface area (Å²) < 4.78 is 5.01. The summed E-state index contributed by atoms with van der Waals surface area (Å²) in [7, 11) is 0. The van der Waals surface area contributed by atoms with Gasteiger partial charge >= 0.3 is 0 Å². The van der Waals surface area contributed by atoms with E-state index < -0.39 is 6.85 Å². The van der Waals surface area contributed by atoms with Crippen molar-refractivity contribution in [1.29, 1.82) is 0 Å². The van der Waals surface area contributed by atoms with E-state index in [9.17, 15) is 0 Å². The molecular formula is C8H11Cl2OP. The maximum absolute atomic E-state index is 5.42. The third-order valence-electron chi connectivity index (χ3n) is 0.918. The number of benzene rings is 1. The Morgan fingerprint density at radius 3 is 2.00 bits per heavy atom. The first-order valence-corrected chi connectivity index (χ1v) is 6.71. The Kier molecular flexibility index (Phi) is 7.69. The van der Waals surface area contributed by atoms with Gasteiger partial charge in [-0.1, -0.05) is 32.0 Å². The first-order chi connectivity index (χ1) is 5.79. The van der Waals surface area contributed by atoms with E-state index in [-0.39, 0.29) is 0 Å². The van der Waals surface area contributed by atoms with Crippen molar-refractivity contribution in [2.75, 3.05) is 0 Å². The summed E-state index contributed by atoms with van der Waals surface area (Å²) in [6.07, 6.45) is 0. The van der Waals surface area contributed by atoms with E-state index in [0.717, 1.165) is 0 Å². The lowest BCUT2D eigenvalue weighted by Gasteiger charge is -2.02. The highest BCUT2D eigenvalue weighted by atomic mass is 35.9. The summed E-state index contributed by atoms with van der Waals surface area (Å²) in [5.74, 6) is 0.707. The van der Waals surface area contributed by atoms with Crippen LogP contribution < -0.4 is 4.52 Å². The quantitative estimate of drug-likeness (QED) is 0.657. The van der Waals surface area contributed by atoms with E-state index in [1.165, 1.54) is 0 Å². The Labute approximate surface area is 84.1 Å². The molecule has 0 fully saturated rings. The summed E-state index contributed by atoms with van der Waals surface area (Å²) in [5, 5.41) is 0. The molecule has 0 N–H and O–H groups in total. The molecule has 0 aliphatic heterocycles. The van der Waals surface area contributed by atoms with E-state index in [1.807, 2.05) is 32.0 Å². The van der Waals surface area contributed by atoms with E-state index in [2.05, 4.69) is 0 Å². The van der Waals surface area contributed by atoms with Gasteiger partial charge in [-0.2, -0.15) is 0 Å². The van der Waals surface area contributed by atoms with Crippen LogP contribution in [0.1, 0.15) is 13.8 Å². The van der Waals surface area contributed by atoms with Crippen molar-refractivity contribution >= 4 is 29.3 Å². The molecule has 0 bridgehead atoms. The van der Waals surface area contributed by atoms with Gasteiger partial charge in [0.05, 0.1) is 0 Å². The van der Waals surface area contributed by atoms with Gasteiger partial charge in [-0.25, -0.2) is 0 Å². The first kappa shape index (κ1) is 12.0. The van der Waals surface area contributed by atoms with Crippen LogP contribution in [0.3, 0.4) is 0 Å². The molecule has 12 heavy (non-hydrogen) atoms. The van der Waals surface area contributed by atoms with Gasteiger partial charge in [-0.15, -0.1) is 0 Å². The summed E-state index contributed by atoms with van der Waals surface area (Å²) in [5.41, 5.74) is 0. The third kappa shape index (κ3) is 5.65. The molecule has 0 aliphatic rings. The molecule has 0 aromatic heterocycles. The normalized spacial score (nSPS) is 8.75. The van der Waals surface area contributed by atoms with Gasteiger partial charge in [0.1, 0.15) is 5.75 Å². The number of hydrogen-bond donors (Lipinski definition) is 0. The summed E-state index contributed by atoms with van der Waals surface area (Å²) >= 11 is 10.8. The zero-order chi connectivity index (χ0) is 9.40. The minimum Gasteiger partial charge on any atom is -0.445 e. The largest absolute Gasteiger partial charge is 0.445 e. The Morgan fingerprint density at radius 1 is 1.08 bits per heavy atom. The average molecular weight is 225 g/mol. The zero-order valence-electron chi connectivity index (χ0n) is 7.00. The number of para-hydroxylation sites is 1. The lowest BCUT2D eigenvalue weighted by molar-refractivity contribution is 0.638. The van der Waals surface area contributed by atoms with Gasteiger partial charge in [0.25, 0.3) is 6.85 Å². The smallest absolute Gasteiger partial charge is 0.284 e. The molecule has 0 saturated carbocycles. The number of hydrogen-bond acceptors (Lipinski definition) is 1. The summed E-state index contributed by atoms with van der Waals surface area (Å²) in [6.45, 7) is 2.67. The van der Waals surface area contributed by atoms with Crippen LogP contribution in [0.15, 0.2) is 30.3 Å².